The van der Waals surface area contributed by atoms with Crippen molar-refractivity contribution in [1.29, 1.82) is 0 Å². The molecule has 0 bridgehead atoms. The molecule has 0 saturated heterocycles. The van der Waals surface area contributed by atoms with Crippen LogP contribution >= 0.6 is 12.2 Å². The Morgan fingerprint density at radius 1 is 1.29 bits per heavy atom. The van der Waals surface area contributed by atoms with E-state index in [-0.39, 0.29) is 0 Å². The number of nitrogens with one attached hydrogen (secondary N) is 1. The standard InChI is InChI=1S/C10H8.C8H10N2S/c1-3-9(2)10-7-5-4-6-8-10;1-6-2-3-7(9)4-8(6)10-5-11/h1,4-8H,2H2;2-5H,9H2,1H3,(H,10,11). The minimum atomic E-state index is 0.737. The predicted octanol–water partition coefficient (Wildman–Crippen LogP) is 4.28. The summed E-state index contributed by atoms with van der Waals surface area (Å²) < 4.78 is 0. The fraction of sp³-hybridized carbons (Fsp3) is 0.0556. The Hall–Kier alpha value is -2.57. The molecule has 0 saturated carbocycles. The maximum absolute atomic E-state index is 5.57. The highest BCUT2D eigenvalue weighted by Gasteiger charge is 1.94. The predicted molar refractivity (Wildman–Crippen MR) is 97.2 cm³/mol. The lowest BCUT2D eigenvalue weighted by molar-refractivity contribution is 1.46. The number of hydrogen-bond donors (Lipinski definition) is 2. The molecule has 106 valence electrons. The van der Waals surface area contributed by atoms with Crippen LogP contribution in [0.15, 0.2) is 55.1 Å². The maximum Gasteiger partial charge on any atom is 0.0659 e. The Kier molecular flexibility index (Phi) is 6.73. The van der Waals surface area contributed by atoms with Gasteiger partial charge in [-0.05, 0) is 30.2 Å². The largest absolute Gasteiger partial charge is 0.399 e. The molecule has 2 rings (SSSR count). The van der Waals surface area contributed by atoms with Crippen LogP contribution in [0.3, 0.4) is 0 Å². The van der Waals surface area contributed by atoms with Gasteiger partial charge in [-0.2, -0.15) is 0 Å². The van der Waals surface area contributed by atoms with Gasteiger partial charge in [0.25, 0.3) is 0 Å². The topological polar surface area (TPSA) is 38.0 Å². The van der Waals surface area contributed by atoms with Gasteiger partial charge >= 0.3 is 0 Å². The van der Waals surface area contributed by atoms with E-state index in [4.69, 9.17) is 12.2 Å². The summed E-state index contributed by atoms with van der Waals surface area (Å²) in [6, 6.07) is 15.4. The van der Waals surface area contributed by atoms with Gasteiger partial charge in [0, 0.05) is 16.9 Å². The number of allylic oxidation sites excluding steroid dienone is 1. The Bertz CT molecular complexity index is 655. The van der Waals surface area contributed by atoms with E-state index in [1.54, 1.807) is 0 Å². The van der Waals surface area contributed by atoms with Gasteiger partial charge in [-0.15, -0.1) is 6.42 Å². The lowest BCUT2D eigenvalue weighted by Crippen LogP contribution is -1.96. The van der Waals surface area contributed by atoms with Crippen molar-refractivity contribution < 1.29 is 0 Å². The van der Waals surface area contributed by atoms with Crippen molar-refractivity contribution in [3.05, 3.63) is 66.2 Å². The van der Waals surface area contributed by atoms with Gasteiger partial charge in [0.05, 0.1) is 5.49 Å². The second kappa shape index (κ2) is 8.57. The number of rotatable bonds is 3. The quantitative estimate of drug-likeness (QED) is 0.504. The van der Waals surface area contributed by atoms with Gasteiger partial charge in [-0.1, -0.05) is 61.1 Å². The zero-order valence-corrected chi connectivity index (χ0v) is 12.8. The van der Waals surface area contributed by atoms with Crippen molar-refractivity contribution in [3.63, 3.8) is 0 Å². The molecule has 0 aliphatic rings. The molecule has 21 heavy (non-hydrogen) atoms. The molecular formula is C18H18N2S. The zero-order valence-electron chi connectivity index (χ0n) is 12.0. The summed E-state index contributed by atoms with van der Waals surface area (Å²) in [4.78, 5) is 0. The van der Waals surface area contributed by atoms with Crippen molar-refractivity contribution in [1.82, 2.24) is 0 Å². The summed E-state index contributed by atoms with van der Waals surface area (Å²) in [7, 11) is 0. The van der Waals surface area contributed by atoms with Crippen LogP contribution in [0.4, 0.5) is 11.4 Å². The molecule has 2 nitrogen and oxygen atoms in total. The number of terminal acetylenes is 1. The molecule has 0 aliphatic carbocycles. The van der Waals surface area contributed by atoms with E-state index in [9.17, 15) is 0 Å². The van der Waals surface area contributed by atoms with E-state index >= 15 is 0 Å². The van der Waals surface area contributed by atoms with Gasteiger partial charge in [-0.3, -0.25) is 0 Å². The molecule has 0 atom stereocenters. The van der Waals surface area contributed by atoms with E-state index < -0.39 is 0 Å². The first-order valence-electron chi connectivity index (χ1n) is 6.35. The highest BCUT2D eigenvalue weighted by molar-refractivity contribution is 7.79. The van der Waals surface area contributed by atoms with Crippen LogP contribution in [-0.4, -0.2) is 5.49 Å². The molecule has 0 spiro atoms. The van der Waals surface area contributed by atoms with Gasteiger partial charge in [0.15, 0.2) is 0 Å². The smallest absolute Gasteiger partial charge is 0.0659 e. The van der Waals surface area contributed by atoms with Crippen molar-refractivity contribution in [2.75, 3.05) is 11.1 Å². The van der Waals surface area contributed by atoms with Crippen LogP contribution < -0.4 is 11.1 Å². The summed E-state index contributed by atoms with van der Waals surface area (Å²) in [5.74, 6) is 2.49. The molecule has 3 N–H and O–H groups in total. The number of anilines is 2. The maximum atomic E-state index is 5.57. The summed E-state index contributed by atoms with van der Waals surface area (Å²) in [6.07, 6.45) is 5.15. The Morgan fingerprint density at radius 2 is 1.95 bits per heavy atom. The van der Waals surface area contributed by atoms with Crippen molar-refractivity contribution in [3.8, 4) is 12.3 Å². The molecule has 0 fully saturated rings. The molecule has 0 aromatic heterocycles. The third kappa shape index (κ3) is 5.52. The van der Waals surface area contributed by atoms with Crippen LogP contribution in [0.1, 0.15) is 11.1 Å². The minimum absolute atomic E-state index is 0.737. The molecule has 2 aromatic rings. The summed E-state index contributed by atoms with van der Waals surface area (Å²) in [6.45, 7) is 5.71. The zero-order chi connectivity index (χ0) is 15.7. The lowest BCUT2D eigenvalue weighted by atomic mass is 10.1. The van der Waals surface area contributed by atoms with Crippen LogP contribution in [0.25, 0.3) is 5.57 Å². The Labute approximate surface area is 131 Å². The second-order valence-corrected chi connectivity index (χ2v) is 4.56. The third-order valence-electron chi connectivity index (χ3n) is 2.77. The summed E-state index contributed by atoms with van der Waals surface area (Å²) >= 11 is 4.66. The lowest BCUT2D eigenvalue weighted by Gasteiger charge is -2.04. The average molecular weight is 294 g/mol. The highest BCUT2D eigenvalue weighted by Crippen LogP contribution is 2.16. The van der Waals surface area contributed by atoms with E-state index in [0.29, 0.717) is 0 Å². The first-order chi connectivity index (χ1) is 10.1. The molecule has 0 amide bonds. The van der Waals surface area contributed by atoms with Gasteiger partial charge in [0.2, 0.25) is 0 Å². The van der Waals surface area contributed by atoms with Crippen LogP contribution in [0.5, 0.6) is 0 Å². The van der Waals surface area contributed by atoms with Crippen LogP contribution in [0, 0.1) is 19.3 Å². The fourth-order valence-corrected chi connectivity index (χ4v) is 1.71. The van der Waals surface area contributed by atoms with E-state index in [2.05, 4.69) is 30.0 Å². The highest BCUT2D eigenvalue weighted by atomic mass is 32.1. The SMILES string of the molecule is C#CC(=C)c1ccccc1.Cc1ccc(N)cc1NC=S. The molecule has 0 aliphatic heterocycles. The van der Waals surface area contributed by atoms with E-state index in [1.807, 2.05) is 55.5 Å². The third-order valence-corrected chi connectivity index (χ3v) is 2.89. The normalized spacial score (nSPS) is 8.76. The summed E-state index contributed by atoms with van der Waals surface area (Å²) in [5.41, 5.74) is 11.7. The number of thiocarbonyl (C=S) groups is 1. The van der Waals surface area contributed by atoms with Crippen molar-refractivity contribution >= 4 is 34.7 Å². The minimum Gasteiger partial charge on any atom is -0.399 e. The molecule has 0 heterocycles. The first-order valence-corrected chi connectivity index (χ1v) is 6.83. The van der Waals surface area contributed by atoms with Crippen LogP contribution in [-0.2, 0) is 0 Å². The average Bonchev–Trinajstić information content (AvgIpc) is 2.52. The molecule has 0 unspecified atom stereocenters. The van der Waals surface area contributed by atoms with Crippen molar-refractivity contribution in [2.24, 2.45) is 0 Å². The fourth-order valence-electron chi connectivity index (χ4n) is 1.58. The monoisotopic (exact) mass is 294 g/mol. The Balaban J connectivity index is 0.000000211. The number of nitrogen functional groups attached to an aromatic ring is 1. The van der Waals surface area contributed by atoms with Gasteiger partial charge in [0.1, 0.15) is 0 Å². The summed E-state index contributed by atoms with van der Waals surface area (Å²) in [5, 5.41) is 2.93. The first kappa shape index (κ1) is 16.5. The molecule has 0 radical (unpaired) electrons. The van der Waals surface area contributed by atoms with Gasteiger partial charge < -0.3 is 11.1 Å². The number of nitrogens with two attached hydrogens (primary N) is 1. The molecule has 3 heteroatoms. The van der Waals surface area contributed by atoms with E-state index in [0.717, 1.165) is 28.1 Å². The number of benzene rings is 2. The molecule has 2 aromatic carbocycles. The van der Waals surface area contributed by atoms with Crippen molar-refractivity contribution in [2.45, 2.75) is 6.92 Å². The Morgan fingerprint density at radius 3 is 2.52 bits per heavy atom. The van der Waals surface area contributed by atoms with E-state index in [1.165, 1.54) is 5.49 Å². The second-order valence-electron chi connectivity index (χ2n) is 4.33. The number of aryl methyl sites for hydroxylation is 1. The molecular weight excluding hydrogens is 276 g/mol. The van der Waals surface area contributed by atoms with Crippen LogP contribution in [0.2, 0.25) is 0 Å². The van der Waals surface area contributed by atoms with Gasteiger partial charge in [-0.25, -0.2) is 0 Å². The number of hydrogen-bond acceptors (Lipinski definition) is 2.